The van der Waals surface area contributed by atoms with Gasteiger partial charge in [0.2, 0.25) is 0 Å². The van der Waals surface area contributed by atoms with Crippen molar-refractivity contribution in [2.45, 2.75) is 12.8 Å². The van der Waals surface area contributed by atoms with Crippen LogP contribution < -0.4 is 0 Å². The molecule has 104 valence electrons. The number of likely N-dealkylation sites (N-methyl/N-ethyl adjacent to an activating group) is 1. The summed E-state index contributed by atoms with van der Waals surface area (Å²) in [5, 5.41) is 0. The molecule has 1 amide bonds. The fourth-order valence-electron chi connectivity index (χ4n) is 1.71. The van der Waals surface area contributed by atoms with E-state index < -0.39 is 5.82 Å². The second-order valence-electron chi connectivity index (χ2n) is 4.85. The summed E-state index contributed by atoms with van der Waals surface area (Å²) in [5.74, 6) is 0.0870. The maximum Gasteiger partial charge on any atom is 0.254 e. The van der Waals surface area contributed by atoms with Crippen molar-refractivity contribution in [2.24, 2.45) is 5.92 Å². The number of carbonyl (C=O) groups is 1. The molecule has 0 unspecified atom stereocenters. The van der Waals surface area contributed by atoms with E-state index in [-0.39, 0.29) is 10.4 Å². The zero-order chi connectivity index (χ0) is 13.8. The maximum absolute atomic E-state index is 13.4. The third-order valence-corrected chi connectivity index (χ3v) is 3.96. The van der Waals surface area contributed by atoms with Crippen molar-refractivity contribution in [3.63, 3.8) is 0 Å². The molecule has 0 atom stereocenters. The molecule has 0 saturated heterocycles. The molecule has 5 heteroatoms. The largest absolute Gasteiger partial charge is 0.379 e. The summed E-state index contributed by atoms with van der Waals surface area (Å²) in [6.07, 6.45) is 2.51. The Morgan fingerprint density at radius 1 is 1.53 bits per heavy atom. The Bertz CT molecular complexity index is 463. The molecule has 0 radical (unpaired) electrons. The van der Waals surface area contributed by atoms with Gasteiger partial charge in [-0.05, 0) is 46.8 Å². The van der Waals surface area contributed by atoms with E-state index in [9.17, 15) is 9.18 Å². The Labute approximate surface area is 120 Å². The standard InChI is InChI=1S/C14H17BrFNO2/c1-17(7-8-19-9-10-5-6-10)14(18)11-3-2-4-12(16)13(11)15/h2-4,10H,5-9H2,1H3. The van der Waals surface area contributed by atoms with Crippen LogP contribution in [0.3, 0.4) is 0 Å². The van der Waals surface area contributed by atoms with Gasteiger partial charge < -0.3 is 9.64 Å². The van der Waals surface area contributed by atoms with E-state index in [0.717, 1.165) is 12.5 Å². The van der Waals surface area contributed by atoms with Crippen molar-refractivity contribution >= 4 is 21.8 Å². The number of benzene rings is 1. The molecule has 0 heterocycles. The highest BCUT2D eigenvalue weighted by atomic mass is 79.9. The number of rotatable bonds is 6. The smallest absolute Gasteiger partial charge is 0.254 e. The zero-order valence-electron chi connectivity index (χ0n) is 10.9. The molecule has 2 rings (SSSR count). The molecule has 19 heavy (non-hydrogen) atoms. The molecular formula is C14H17BrFNO2. The molecule has 1 aromatic rings. The van der Waals surface area contributed by atoms with Gasteiger partial charge in [0, 0.05) is 20.2 Å². The van der Waals surface area contributed by atoms with Crippen molar-refractivity contribution in [3.05, 3.63) is 34.1 Å². The Balaban J connectivity index is 1.84. The third kappa shape index (κ3) is 4.01. The quantitative estimate of drug-likeness (QED) is 0.750. The minimum absolute atomic E-state index is 0.207. The average molecular weight is 330 g/mol. The van der Waals surface area contributed by atoms with Crippen LogP contribution in [0.1, 0.15) is 23.2 Å². The monoisotopic (exact) mass is 329 g/mol. The Morgan fingerprint density at radius 2 is 2.26 bits per heavy atom. The van der Waals surface area contributed by atoms with Crippen LogP contribution in [0.15, 0.2) is 22.7 Å². The lowest BCUT2D eigenvalue weighted by atomic mass is 10.2. The first-order chi connectivity index (χ1) is 9.09. The van der Waals surface area contributed by atoms with Crippen LogP contribution in [-0.2, 0) is 4.74 Å². The van der Waals surface area contributed by atoms with Gasteiger partial charge in [-0.2, -0.15) is 0 Å². The molecule has 1 aliphatic carbocycles. The molecule has 1 aliphatic rings. The lowest BCUT2D eigenvalue weighted by Crippen LogP contribution is -2.30. The number of hydrogen-bond acceptors (Lipinski definition) is 2. The van der Waals surface area contributed by atoms with E-state index in [1.165, 1.54) is 25.0 Å². The van der Waals surface area contributed by atoms with E-state index >= 15 is 0 Å². The van der Waals surface area contributed by atoms with Crippen LogP contribution in [0.5, 0.6) is 0 Å². The first kappa shape index (κ1) is 14.5. The van der Waals surface area contributed by atoms with E-state index in [1.54, 1.807) is 18.0 Å². The minimum Gasteiger partial charge on any atom is -0.379 e. The molecule has 1 fully saturated rings. The van der Waals surface area contributed by atoms with Gasteiger partial charge in [-0.25, -0.2) is 4.39 Å². The molecule has 0 aliphatic heterocycles. The van der Waals surface area contributed by atoms with Crippen LogP contribution in [0.2, 0.25) is 0 Å². The summed E-state index contributed by atoms with van der Waals surface area (Å²) in [5.41, 5.74) is 0.338. The number of carbonyl (C=O) groups excluding carboxylic acids is 1. The van der Waals surface area contributed by atoms with Crippen LogP contribution in [0, 0.1) is 11.7 Å². The van der Waals surface area contributed by atoms with Gasteiger partial charge in [-0.1, -0.05) is 6.07 Å². The molecule has 0 spiro atoms. The third-order valence-electron chi connectivity index (χ3n) is 3.15. The van der Waals surface area contributed by atoms with Crippen LogP contribution >= 0.6 is 15.9 Å². The van der Waals surface area contributed by atoms with E-state index in [4.69, 9.17) is 4.74 Å². The summed E-state index contributed by atoms with van der Waals surface area (Å²) in [7, 11) is 1.69. The second kappa shape index (κ2) is 6.48. The molecule has 0 aromatic heterocycles. The number of hydrogen-bond donors (Lipinski definition) is 0. The van der Waals surface area contributed by atoms with Gasteiger partial charge in [0.1, 0.15) is 5.82 Å². The summed E-state index contributed by atoms with van der Waals surface area (Å²) < 4.78 is 19.1. The van der Waals surface area contributed by atoms with E-state index in [0.29, 0.717) is 18.7 Å². The minimum atomic E-state index is -0.427. The molecule has 1 saturated carbocycles. The number of amides is 1. The van der Waals surface area contributed by atoms with Crippen LogP contribution in [0.25, 0.3) is 0 Å². The summed E-state index contributed by atoms with van der Waals surface area (Å²) in [6.45, 7) is 1.81. The molecule has 0 bridgehead atoms. The van der Waals surface area contributed by atoms with Crippen molar-refractivity contribution in [1.29, 1.82) is 0 Å². The van der Waals surface area contributed by atoms with Crippen molar-refractivity contribution in [2.75, 3.05) is 26.8 Å². The van der Waals surface area contributed by atoms with Gasteiger partial charge >= 0.3 is 0 Å². The Hall–Kier alpha value is -0.940. The van der Waals surface area contributed by atoms with Crippen molar-refractivity contribution in [1.82, 2.24) is 4.90 Å². The fraction of sp³-hybridized carbons (Fsp3) is 0.500. The molecule has 0 N–H and O–H groups in total. The highest BCUT2D eigenvalue weighted by Crippen LogP contribution is 2.28. The highest BCUT2D eigenvalue weighted by Gasteiger charge is 2.21. The Kier molecular flexibility index (Phi) is 4.93. The first-order valence-corrected chi connectivity index (χ1v) is 7.16. The SMILES string of the molecule is CN(CCOCC1CC1)C(=O)c1cccc(F)c1Br. The second-order valence-corrected chi connectivity index (χ2v) is 5.64. The van der Waals surface area contributed by atoms with E-state index in [1.807, 2.05) is 0 Å². The summed E-state index contributed by atoms with van der Waals surface area (Å²) in [4.78, 5) is 13.7. The van der Waals surface area contributed by atoms with Gasteiger partial charge in [0.05, 0.1) is 16.6 Å². The lowest BCUT2D eigenvalue weighted by molar-refractivity contribution is 0.0680. The summed E-state index contributed by atoms with van der Waals surface area (Å²) >= 11 is 3.10. The average Bonchev–Trinajstić information content (AvgIpc) is 3.21. The lowest BCUT2D eigenvalue weighted by Gasteiger charge is -2.18. The van der Waals surface area contributed by atoms with Crippen LogP contribution in [0.4, 0.5) is 4.39 Å². The topological polar surface area (TPSA) is 29.5 Å². The Morgan fingerprint density at radius 3 is 2.95 bits per heavy atom. The summed E-state index contributed by atoms with van der Waals surface area (Å²) in [6, 6.07) is 4.46. The van der Waals surface area contributed by atoms with Gasteiger partial charge in [0.15, 0.2) is 0 Å². The molecule has 3 nitrogen and oxygen atoms in total. The van der Waals surface area contributed by atoms with Crippen molar-refractivity contribution < 1.29 is 13.9 Å². The number of halogens is 2. The van der Waals surface area contributed by atoms with Crippen molar-refractivity contribution in [3.8, 4) is 0 Å². The predicted molar refractivity (Wildman–Crippen MR) is 74.6 cm³/mol. The van der Waals surface area contributed by atoms with Crippen LogP contribution in [-0.4, -0.2) is 37.6 Å². The fourth-order valence-corrected chi connectivity index (χ4v) is 2.15. The zero-order valence-corrected chi connectivity index (χ0v) is 12.5. The maximum atomic E-state index is 13.4. The van der Waals surface area contributed by atoms with E-state index in [2.05, 4.69) is 15.9 Å². The molecular weight excluding hydrogens is 313 g/mol. The van der Waals surface area contributed by atoms with Gasteiger partial charge in [0.25, 0.3) is 5.91 Å². The molecule has 1 aromatic carbocycles. The normalized spacial score (nSPS) is 14.5. The highest BCUT2D eigenvalue weighted by molar-refractivity contribution is 9.10. The number of ether oxygens (including phenoxy) is 1. The number of nitrogens with zero attached hydrogens (tertiary/aromatic N) is 1. The van der Waals surface area contributed by atoms with Gasteiger partial charge in [-0.3, -0.25) is 4.79 Å². The first-order valence-electron chi connectivity index (χ1n) is 6.37. The predicted octanol–water partition coefficient (Wildman–Crippen LogP) is 3.09. The van der Waals surface area contributed by atoms with Gasteiger partial charge in [-0.15, -0.1) is 0 Å².